The van der Waals surface area contributed by atoms with E-state index in [1.165, 1.54) is 12.1 Å². The van der Waals surface area contributed by atoms with Crippen LogP contribution >= 0.6 is 0 Å². The summed E-state index contributed by atoms with van der Waals surface area (Å²) in [4.78, 5) is 23.4. The molecule has 0 radical (unpaired) electrons. The third-order valence-electron chi connectivity index (χ3n) is 4.21. The van der Waals surface area contributed by atoms with Gasteiger partial charge >= 0.3 is 5.97 Å². The first-order chi connectivity index (χ1) is 14.2. The number of carbonyl (C=O) groups is 2. The molecule has 0 unspecified atom stereocenters. The fraction of sp³-hybridized carbons (Fsp3) is 0.333. The summed E-state index contributed by atoms with van der Waals surface area (Å²) < 4.78 is 46.9. The van der Waals surface area contributed by atoms with Crippen LogP contribution in [0.2, 0.25) is 0 Å². The van der Waals surface area contributed by atoms with Crippen molar-refractivity contribution in [3.05, 3.63) is 59.7 Å². The van der Waals surface area contributed by atoms with Gasteiger partial charge in [0.1, 0.15) is 12.0 Å². The number of esters is 1. The van der Waals surface area contributed by atoms with Gasteiger partial charge < -0.3 is 9.53 Å². The van der Waals surface area contributed by atoms with Crippen LogP contribution in [0.4, 0.5) is 0 Å². The van der Waals surface area contributed by atoms with Crippen LogP contribution < -0.4 is 0 Å². The molecule has 0 bridgehead atoms. The summed E-state index contributed by atoms with van der Waals surface area (Å²) in [7, 11) is -5.55. The second-order valence-corrected chi connectivity index (χ2v) is 9.87. The first-order valence-corrected chi connectivity index (χ1v) is 11.9. The second kappa shape index (κ2) is 11.1. The highest BCUT2D eigenvalue weighted by Gasteiger charge is 2.20. The average molecular weight is 453 g/mol. The van der Waals surface area contributed by atoms with E-state index in [1.807, 2.05) is 13.8 Å². The van der Waals surface area contributed by atoms with Gasteiger partial charge in [-0.2, -0.15) is 8.42 Å². The van der Waals surface area contributed by atoms with Crippen molar-refractivity contribution in [2.45, 2.75) is 30.1 Å². The topological polar surface area (TPSA) is 104 Å². The molecular formula is C21H24O7S2. The molecule has 7 nitrogen and oxygen atoms in total. The Morgan fingerprint density at radius 1 is 1.00 bits per heavy atom. The van der Waals surface area contributed by atoms with Crippen molar-refractivity contribution in [2.75, 3.05) is 19.0 Å². The minimum Gasteiger partial charge on any atom is -0.465 e. The number of aryl methyl sites for hydroxylation is 2. The Kier molecular flexibility index (Phi) is 8.88. The third kappa shape index (κ3) is 7.47. The third-order valence-corrected chi connectivity index (χ3v) is 6.80. The minimum absolute atomic E-state index is 0.00319. The predicted octanol–water partition coefficient (Wildman–Crippen LogP) is 2.56. The number of benzene rings is 2. The molecular weight excluding hydrogens is 428 g/mol. The van der Waals surface area contributed by atoms with Crippen molar-refractivity contribution in [3.63, 3.8) is 0 Å². The highest BCUT2D eigenvalue weighted by atomic mass is 32.2. The summed E-state index contributed by atoms with van der Waals surface area (Å²) in [5, 5.41) is 0. The molecule has 0 saturated carbocycles. The van der Waals surface area contributed by atoms with E-state index in [2.05, 4.69) is 0 Å². The van der Waals surface area contributed by atoms with Crippen LogP contribution in [0.5, 0.6) is 0 Å². The molecule has 0 aliphatic heterocycles. The van der Waals surface area contributed by atoms with E-state index < -0.39 is 32.8 Å². The molecule has 162 valence electrons. The summed E-state index contributed by atoms with van der Waals surface area (Å²) in [6.07, 6.45) is 0.558. The van der Waals surface area contributed by atoms with Gasteiger partial charge in [-0.15, -0.1) is 0 Å². The quantitative estimate of drug-likeness (QED) is 0.293. The monoisotopic (exact) mass is 452 g/mol. The van der Waals surface area contributed by atoms with Crippen molar-refractivity contribution < 1.29 is 31.1 Å². The molecule has 0 aromatic heterocycles. The highest BCUT2D eigenvalue weighted by Crippen LogP contribution is 2.16. The van der Waals surface area contributed by atoms with E-state index in [-0.39, 0.29) is 30.3 Å². The van der Waals surface area contributed by atoms with Crippen LogP contribution in [-0.2, 0) is 39.4 Å². The van der Waals surface area contributed by atoms with Gasteiger partial charge in [0.15, 0.2) is 0 Å². The van der Waals surface area contributed by atoms with Gasteiger partial charge in [0.25, 0.3) is 10.1 Å². The number of aldehydes is 1. The van der Waals surface area contributed by atoms with Crippen molar-refractivity contribution in [1.82, 2.24) is 0 Å². The lowest BCUT2D eigenvalue weighted by Crippen LogP contribution is -2.23. The molecule has 0 aliphatic carbocycles. The molecule has 0 spiro atoms. The number of ether oxygens (including phenoxy) is 1. The zero-order chi connectivity index (χ0) is 22.1. The maximum Gasteiger partial charge on any atom is 0.318 e. The predicted molar refractivity (Wildman–Crippen MR) is 112 cm³/mol. The first kappa shape index (κ1) is 23.9. The second-order valence-electron chi connectivity index (χ2n) is 6.81. The zero-order valence-electron chi connectivity index (χ0n) is 16.8. The van der Waals surface area contributed by atoms with Crippen molar-refractivity contribution in [1.29, 1.82) is 0 Å². The summed E-state index contributed by atoms with van der Waals surface area (Å²) in [5.74, 6) is -1.68. The first-order valence-electron chi connectivity index (χ1n) is 9.21. The van der Waals surface area contributed by atoms with E-state index in [0.29, 0.717) is 11.2 Å². The normalized spacial score (nSPS) is 13.4. The molecule has 2 atom stereocenters. The lowest BCUT2D eigenvalue weighted by Gasteiger charge is -2.15. The van der Waals surface area contributed by atoms with Crippen molar-refractivity contribution in [2.24, 2.45) is 5.92 Å². The molecule has 30 heavy (non-hydrogen) atoms. The molecule has 0 fully saturated rings. The molecule has 0 heterocycles. The van der Waals surface area contributed by atoms with Crippen LogP contribution in [0.3, 0.4) is 0 Å². The summed E-state index contributed by atoms with van der Waals surface area (Å²) in [6.45, 7) is 3.20. The summed E-state index contributed by atoms with van der Waals surface area (Å²) >= 11 is 0. The smallest absolute Gasteiger partial charge is 0.318 e. The number of hydrogen-bond acceptors (Lipinski definition) is 7. The Morgan fingerprint density at radius 2 is 1.57 bits per heavy atom. The maximum atomic E-state index is 12.3. The molecule has 0 amide bonds. The maximum absolute atomic E-state index is 12.3. The van der Waals surface area contributed by atoms with Gasteiger partial charge in [0, 0.05) is 17.2 Å². The van der Waals surface area contributed by atoms with Crippen LogP contribution in [0, 0.1) is 19.8 Å². The molecule has 0 aliphatic rings. The van der Waals surface area contributed by atoms with E-state index in [4.69, 9.17) is 8.92 Å². The SMILES string of the molecule is Cc1ccc([S@](=O)CC(=O)OC[C@@H](CC=O)COS(=O)(=O)c2ccc(C)cc2)cc1. The Hall–Kier alpha value is -2.36. The summed E-state index contributed by atoms with van der Waals surface area (Å²) in [5.41, 5.74) is 1.92. The van der Waals surface area contributed by atoms with Crippen LogP contribution in [0.25, 0.3) is 0 Å². The fourth-order valence-electron chi connectivity index (χ4n) is 2.41. The molecule has 2 aromatic carbocycles. The Balaban J connectivity index is 1.88. The van der Waals surface area contributed by atoms with Crippen LogP contribution in [0.1, 0.15) is 17.5 Å². The summed E-state index contributed by atoms with van der Waals surface area (Å²) in [6, 6.07) is 13.1. The molecule has 2 rings (SSSR count). The van der Waals surface area contributed by atoms with Crippen LogP contribution in [-0.4, -0.2) is 43.8 Å². The molecule has 9 heteroatoms. The van der Waals surface area contributed by atoms with Crippen molar-refractivity contribution >= 4 is 33.2 Å². The molecule has 0 N–H and O–H groups in total. The lowest BCUT2D eigenvalue weighted by atomic mass is 10.1. The zero-order valence-corrected chi connectivity index (χ0v) is 18.4. The van der Waals surface area contributed by atoms with E-state index in [1.54, 1.807) is 36.4 Å². The minimum atomic E-state index is -3.99. The number of rotatable bonds is 11. The van der Waals surface area contributed by atoms with Gasteiger partial charge in [0.2, 0.25) is 0 Å². The lowest BCUT2D eigenvalue weighted by molar-refractivity contribution is -0.142. The van der Waals surface area contributed by atoms with Gasteiger partial charge in [-0.3, -0.25) is 13.2 Å². The molecule has 0 saturated heterocycles. The average Bonchev–Trinajstić information content (AvgIpc) is 2.71. The largest absolute Gasteiger partial charge is 0.465 e. The number of carbonyl (C=O) groups excluding carboxylic acids is 2. The highest BCUT2D eigenvalue weighted by molar-refractivity contribution is 7.86. The van der Waals surface area contributed by atoms with Gasteiger partial charge in [0.05, 0.1) is 28.9 Å². The van der Waals surface area contributed by atoms with Gasteiger partial charge in [-0.1, -0.05) is 35.4 Å². The van der Waals surface area contributed by atoms with E-state index in [9.17, 15) is 22.2 Å². The Morgan fingerprint density at radius 3 is 2.13 bits per heavy atom. The van der Waals surface area contributed by atoms with E-state index >= 15 is 0 Å². The fourth-order valence-corrected chi connectivity index (χ4v) is 4.29. The molecule has 2 aromatic rings. The Bertz CT molecular complexity index is 981. The van der Waals surface area contributed by atoms with Crippen molar-refractivity contribution in [3.8, 4) is 0 Å². The van der Waals surface area contributed by atoms with Crippen LogP contribution in [0.15, 0.2) is 58.3 Å². The number of hydrogen-bond donors (Lipinski definition) is 0. The van der Waals surface area contributed by atoms with Gasteiger partial charge in [-0.05, 0) is 38.1 Å². The van der Waals surface area contributed by atoms with Gasteiger partial charge in [-0.25, -0.2) is 0 Å². The standard InChI is InChI=1S/C21H24O7S2/c1-16-3-7-19(8-4-16)29(24)15-21(23)27-13-18(11-12-22)14-28-30(25,26)20-9-5-17(2)6-10-20/h3-10,12,18H,11,13-15H2,1-2H3/t18-,29-/m1/s1. The Labute approximate surface area is 179 Å². The van der Waals surface area contributed by atoms with E-state index in [0.717, 1.165) is 11.1 Å².